The summed E-state index contributed by atoms with van der Waals surface area (Å²) in [5.74, 6) is 0.774. The fourth-order valence-corrected chi connectivity index (χ4v) is 1.71. The molecule has 1 fully saturated rings. The van der Waals surface area contributed by atoms with Crippen LogP contribution in [0, 0.1) is 5.92 Å². The molecular formula is C11H23N3O. The lowest BCUT2D eigenvalue weighted by molar-refractivity contribution is 0.173. The molecule has 1 aliphatic rings. The first kappa shape index (κ1) is 12.3. The Kier molecular flexibility index (Phi) is 4.88. The van der Waals surface area contributed by atoms with Gasteiger partial charge in [0.25, 0.3) is 0 Å². The van der Waals surface area contributed by atoms with E-state index < -0.39 is 0 Å². The van der Waals surface area contributed by atoms with E-state index in [1.54, 1.807) is 0 Å². The molecule has 1 rings (SSSR count). The van der Waals surface area contributed by atoms with Gasteiger partial charge in [0.2, 0.25) is 0 Å². The van der Waals surface area contributed by atoms with Crippen LogP contribution in [0.3, 0.4) is 0 Å². The highest BCUT2D eigenvalue weighted by Gasteiger charge is 2.19. The van der Waals surface area contributed by atoms with E-state index in [-0.39, 0.29) is 6.03 Å². The normalized spacial score (nSPS) is 18.3. The molecule has 88 valence electrons. The summed E-state index contributed by atoms with van der Waals surface area (Å²) in [4.78, 5) is 15.7. The topological polar surface area (TPSA) is 35.6 Å². The van der Waals surface area contributed by atoms with Crippen LogP contribution in [0.5, 0.6) is 0 Å². The Hall–Kier alpha value is -0.770. The third-order valence-electron chi connectivity index (χ3n) is 2.91. The van der Waals surface area contributed by atoms with Gasteiger partial charge >= 0.3 is 6.03 Å². The third-order valence-corrected chi connectivity index (χ3v) is 2.91. The molecule has 0 aromatic rings. The van der Waals surface area contributed by atoms with Crippen molar-refractivity contribution in [2.45, 2.75) is 19.8 Å². The highest BCUT2D eigenvalue weighted by Crippen LogP contribution is 2.15. The van der Waals surface area contributed by atoms with Gasteiger partial charge in [-0.25, -0.2) is 4.79 Å². The van der Waals surface area contributed by atoms with Crippen LogP contribution in [-0.2, 0) is 0 Å². The summed E-state index contributed by atoms with van der Waals surface area (Å²) in [5.41, 5.74) is 0. The minimum Gasteiger partial charge on any atom is -0.337 e. The predicted molar refractivity (Wildman–Crippen MR) is 61.9 cm³/mol. The minimum atomic E-state index is 0.101. The van der Waals surface area contributed by atoms with Crippen molar-refractivity contribution in [3.63, 3.8) is 0 Å². The van der Waals surface area contributed by atoms with Gasteiger partial charge in [-0.15, -0.1) is 0 Å². The smallest absolute Gasteiger partial charge is 0.317 e. The molecule has 15 heavy (non-hydrogen) atoms. The third kappa shape index (κ3) is 4.51. The van der Waals surface area contributed by atoms with Gasteiger partial charge in [-0.3, -0.25) is 0 Å². The molecule has 0 spiro atoms. The maximum Gasteiger partial charge on any atom is 0.317 e. The monoisotopic (exact) mass is 213 g/mol. The van der Waals surface area contributed by atoms with E-state index in [0.29, 0.717) is 0 Å². The van der Waals surface area contributed by atoms with Crippen molar-refractivity contribution < 1.29 is 4.79 Å². The van der Waals surface area contributed by atoms with Crippen LogP contribution in [0.2, 0.25) is 0 Å². The Labute approximate surface area is 92.6 Å². The molecule has 4 heteroatoms. The number of carbonyl (C=O) groups is 1. The number of hydrogen-bond acceptors (Lipinski definition) is 2. The summed E-state index contributed by atoms with van der Waals surface area (Å²) in [7, 11) is 4.02. The van der Waals surface area contributed by atoms with E-state index in [9.17, 15) is 4.79 Å². The summed E-state index contributed by atoms with van der Waals surface area (Å²) in [5, 5.41) is 2.94. The first-order chi connectivity index (χ1) is 7.09. The molecule has 0 aromatic carbocycles. The lowest BCUT2D eigenvalue weighted by Gasteiger charge is -2.30. The molecule has 0 saturated carbocycles. The van der Waals surface area contributed by atoms with Gasteiger partial charge in [0.1, 0.15) is 0 Å². The maximum atomic E-state index is 11.7. The maximum absolute atomic E-state index is 11.7. The number of piperidine rings is 1. The number of likely N-dealkylation sites (tertiary alicyclic amines) is 1. The lowest BCUT2D eigenvalue weighted by Crippen LogP contribution is -2.45. The standard InChI is InChI=1S/C11H23N3O/c1-10-4-7-14(8-5-10)11(15)12-6-9-13(2)3/h10H,4-9H2,1-3H3,(H,12,15). The number of carbonyl (C=O) groups excluding carboxylic acids is 1. The Bertz CT molecular complexity index is 198. The van der Waals surface area contributed by atoms with Crippen LogP contribution >= 0.6 is 0 Å². The highest BCUT2D eigenvalue weighted by molar-refractivity contribution is 5.74. The van der Waals surface area contributed by atoms with Crippen molar-refractivity contribution in [1.82, 2.24) is 15.1 Å². The summed E-state index contributed by atoms with van der Waals surface area (Å²) >= 11 is 0. The van der Waals surface area contributed by atoms with Crippen molar-refractivity contribution >= 4 is 6.03 Å². The summed E-state index contributed by atoms with van der Waals surface area (Å²) in [6.07, 6.45) is 2.28. The van der Waals surface area contributed by atoms with Crippen molar-refractivity contribution in [3.05, 3.63) is 0 Å². The molecule has 0 unspecified atom stereocenters. The van der Waals surface area contributed by atoms with Crippen LogP contribution in [0.15, 0.2) is 0 Å². The molecule has 1 N–H and O–H groups in total. The average Bonchev–Trinajstić information content (AvgIpc) is 2.18. The Balaban J connectivity index is 2.17. The summed E-state index contributed by atoms with van der Waals surface area (Å²) in [6.45, 7) is 5.71. The van der Waals surface area contributed by atoms with Crippen molar-refractivity contribution in [3.8, 4) is 0 Å². The Morgan fingerprint density at radius 1 is 1.40 bits per heavy atom. The van der Waals surface area contributed by atoms with Crippen LogP contribution in [0.25, 0.3) is 0 Å². The van der Waals surface area contributed by atoms with Gasteiger partial charge in [-0.1, -0.05) is 6.92 Å². The lowest BCUT2D eigenvalue weighted by atomic mass is 10.00. The average molecular weight is 213 g/mol. The fraction of sp³-hybridized carbons (Fsp3) is 0.909. The fourth-order valence-electron chi connectivity index (χ4n) is 1.71. The predicted octanol–water partition coefficient (Wildman–Crippen LogP) is 0.990. The van der Waals surface area contributed by atoms with E-state index in [4.69, 9.17) is 0 Å². The van der Waals surface area contributed by atoms with E-state index in [1.165, 1.54) is 0 Å². The molecule has 1 aliphatic heterocycles. The number of likely N-dealkylation sites (N-methyl/N-ethyl adjacent to an activating group) is 1. The zero-order chi connectivity index (χ0) is 11.3. The second kappa shape index (κ2) is 5.95. The molecule has 0 radical (unpaired) electrons. The summed E-state index contributed by atoms with van der Waals surface area (Å²) in [6, 6.07) is 0.101. The first-order valence-corrected chi connectivity index (χ1v) is 5.77. The van der Waals surface area contributed by atoms with Crippen molar-refractivity contribution in [2.75, 3.05) is 40.3 Å². The van der Waals surface area contributed by atoms with Gasteiger partial charge in [-0.2, -0.15) is 0 Å². The van der Waals surface area contributed by atoms with Crippen LogP contribution in [0.1, 0.15) is 19.8 Å². The zero-order valence-electron chi connectivity index (χ0n) is 10.1. The summed E-state index contributed by atoms with van der Waals surface area (Å²) < 4.78 is 0. The number of amides is 2. The second-order valence-corrected chi connectivity index (χ2v) is 4.70. The molecular weight excluding hydrogens is 190 g/mol. The van der Waals surface area contributed by atoms with Crippen LogP contribution in [-0.4, -0.2) is 56.1 Å². The van der Waals surface area contributed by atoms with Crippen molar-refractivity contribution in [2.24, 2.45) is 5.92 Å². The first-order valence-electron chi connectivity index (χ1n) is 5.77. The highest BCUT2D eigenvalue weighted by atomic mass is 16.2. The van der Waals surface area contributed by atoms with E-state index in [2.05, 4.69) is 17.1 Å². The number of nitrogens with one attached hydrogen (secondary N) is 1. The molecule has 0 aromatic heterocycles. The van der Waals surface area contributed by atoms with Crippen LogP contribution < -0.4 is 5.32 Å². The molecule has 1 heterocycles. The number of nitrogens with zero attached hydrogens (tertiary/aromatic N) is 2. The van der Waals surface area contributed by atoms with Gasteiger partial charge < -0.3 is 15.1 Å². The second-order valence-electron chi connectivity index (χ2n) is 4.70. The molecule has 0 bridgehead atoms. The van der Waals surface area contributed by atoms with Gasteiger partial charge in [0.15, 0.2) is 0 Å². The van der Waals surface area contributed by atoms with E-state index >= 15 is 0 Å². The number of urea groups is 1. The molecule has 4 nitrogen and oxygen atoms in total. The molecule has 0 atom stereocenters. The van der Waals surface area contributed by atoms with Crippen molar-refractivity contribution in [1.29, 1.82) is 0 Å². The number of rotatable bonds is 3. The molecule has 0 aliphatic carbocycles. The van der Waals surface area contributed by atoms with Crippen LogP contribution in [0.4, 0.5) is 4.79 Å². The SMILES string of the molecule is CC1CCN(C(=O)NCCN(C)C)CC1. The van der Waals surface area contributed by atoms with Gasteiger partial charge in [-0.05, 0) is 32.9 Å². The minimum absolute atomic E-state index is 0.101. The molecule has 1 saturated heterocycles. The van der Waals surface area contributed by atoms with Gasteiger partial charge in [0.05, 0.1) is 0 Å². The quantitative estimate of drug-likeness (QED) is 0.759. The molecule has 2 amide bonds. The van der Waals surface area contributed by atoms with E-state index in [1.807, 2.05) is 19.0 Å². The van der Waals surface area contributed by atoms with Gasteiger partial charge in [0, 0.05) is 26.2 Å². The Morgan fingerprint density at radius 2 is 2.00 bits per heavy atom. The number of hydrogen-bond donors (Lipinski definition) is 1. The largest absolute Gasteiger partial charge is 0.337 e. The Morgan fingerprint density at radius 3 is 2.53 bits per heavy atom. The zero-order valence-corrected chi connectivity index (χ0v) is 10.1. The van der Waals surface area contributed by atoms with E-state index in [0.717, 1.165) is 44.9 Å².